The van der Waals surface area contributed by atoms with Crippen molar-refractivity contribution in [3.05, 3.63) is 48.3 Å². The van der Waals surface area contributed by atoms with Gasteiger partial charge in [-0.2, -0.15) is 0 Å². The van der Waals surface area contributed by atoms with Gasteiger partial charge in [0.25, 0.3) is 0 Å². The predicted molar refractivity (Wildman–Crippen MR) is 93.7 cm³/mol. The molecule has 1 unspecified atom stereocenters. The molecular weight excluding hydrogens is 320 g/mol. The van der Waals surface area contributed by atoms with E-state index >= 15 is 0 Å². The van der Waals surface area contributed by atoms with Crippen LogP contribution in [0.1, 0.15) is 31.6 Å². The fourth-order valence-electron chi connectivity index (χ4n) is 2.93. The fourth-order valence-corrected chi connectivity index (χ4v) is 2.93. The van der Waals surface area contributed by atoms with E-state index in [9.17, 15) is 4.79 Å². The van der Waals surface area contributed by atoms with Crippen molar-refractivity contribution in [2.75, 3.05) is 7.11 Å². The summed E-state index contributed by atoms with van der Waals surface area (Å²) in [5.74, 6) is 0.826. The molecule has 2 N–H and O–H groups in total. The third-order valence-corrected chi connectivity index (χ3v) is 4.45. The van der Waals surface area contributed by atoms with Crippen LogP contribution < -0.4 is 10.1 Å². The quantitative estimate of drug-likeness (QED) is 0.838. The molecule has 6 nitrogen and oxygen atoms in total. The van der Waals surface area contributed by atoms with Crippen molar-refractivity contribution in [2.24, 2.45) is 0 Å². The van der Waals surface area contributed by atoms with Gasteiger partial charge in [-0.3, -0.25) is 4.98 Å². The van der Waals surface area contributed by atoms with E-state index in [0.717, 1.165) is 22.6 Å². The summed E-state index contributed by atoms with van der Waals surface area (Å²) in [7, 11) is 1.65. The van der Waals surface area contributed by atoms with E-state index in [4.69, 9.17) is 14.6 Å². The Bertz CT molecular complexity index is 709. The first-order valence-electron chi connectivity index (χ1n) is 8.30. The summed E-state index contributed by atoms with van der Waals surface area (Å²) < 4.78 is 11.1. The number of carbonyl (C=O) groups is 1. The van der Waals surface area contributed by atoms with Crippen LogP contribution in [0.5, 0.6) is 5.75 Å². The van der Waals surface area contributed by atoms with Crippen LogP contribution >= 0.6 is 0 Å². The second-order valence-corrected chi connectivity index (χ2v) is 6.22. The summed E-state index contributed by atoms with van der Waals surface area (Å²) >= 11 is 0. The number of nitrogens with zero attached hydrogens (tertiary/aromatic N) is 1. The number of nitrogens with one attached hydrogen (secondary N) is 1. The van der Waals surface area contributed by atoms with Crippen LogP contribution in [0.3, 0.4) is 0 Å². The standard InChI is InChI=1S/C19H22N2O4/c1-12(25-17-9-15(10-17)21-19(22)23)18-8-5-14(11-20-18)13-3-6-16(24-2)7-4-13/h3-8,11-12,15,17,21H,9-10H2,1-2H3,(H,22,23). The molecule has 1 aromatic heterocycles. The normalized spacial score (nSPS) is 20.4. The summed E-state index contributed by atoms with van der Waals surface area (Å²) in [6.07, 6.45) is 2.23. The Morgan fingerprint density at radius 3 is 2.44 bits per heavy atom. The minimum atomic E-state index is -0.979. The molecule has 0 radical (unpaired) electrons. The first-order chi connectivity index (χ1) is 12.0. The van der Waals surface area contributed by atoms with Gasteiger partial charge in [-0.25, -0.2) is 4.79 Å². The largest absolute Gasteiger partial charge is 0.497 e. The first kappa shape index (κ1) is 17.2. The van der Waals surface area contributed by atoms with Gasteiger partial charge in [-0.05, 0) is 43.5 Å². The van der Waals surface area contributed by atoms with E-state index in [-0.39, 0.29) is 18.2 Å². The average Bonchev–Trinajstić information content (AvgIpc) is 2.59. The molecule has 1 aromatic carbocycles. The number of ether oxygens (including phenoxy) is 2. The summed E-state index contributed by atoms with van der Waals surface area (Å²) in [5.41, 5.74) is 2.98. The molecule has 1 heterocycles. The van der Waals surface area contributed by atoms with Crippen LogP contribution in [0, 0.1) is 0 Å². The molecule has 6 heteroatoms. The minimum Gasteiger partial charge on any atom is -0.497 e. The van der Waals surface area contributed by atoms with E-state index in [1.54, 1.807) is 7.11 Å². The lowest BCUT2D eigenvalue weighted by Gasteiger charge is -2.36. The predicted octanol–water partition coefficient (Wildman–Crippen LogP) is 3.63. The Morgan fingerprint density at radius 2 is 1.88 bits per heavy atom. The monoisotopic (exact) mass is 342 g/mol. The smallest absolute Gasteiger partial charge is 0.404 e. The molecule has 0 spiro atoms. The third-order valence-electron chi connectivity index (χ3n) is 4.45. The van der Waals surface area contributed by atoms with Gasteiger partial charge in [0.15, 0.2) is 0 Å². The highest BCUT2D eigenvalue weighted by atomic mass is 16.5. The van der Waals surface area contributed by atoms with Crippen molar-refractivity contribution >= 4 is 6.09 Å². The Labute approximate surface area is 146 Å². The van der Waals surface area contributed by atoms with Crippen molar-refractivity contribution in [2.45, 2.75) is 38.0 Å². The van der Waals surface area contributed by atoms with Crippen molar-refractivity contribution in [1.29, 1.82) is 0 Å². The lowest BCUT2D eigenvalue weighted by Crippen LogP contribution is -2.47. The number of rotatable bonds is 6. The van der Waals surface area contributed by atoms with E-state index in [0.29, 0.717) is 12.8 Å². The molecule has 2 aromatic rings. The molecule has 1 amide bonds. The summed E-state index contributed by atoms with van der Waals surface area (Å²) in [6.45, 7) is 1.97. The Morgan fingerprint density at radius 1 is 1.20 bits per heavy atom. The maximum Gasteiger partial charge on any atom is 0.404 e. The van der Waals surface area contributed by atoms with Gasteiger partial charge in [0, 0.05) is 17.8 Å². The number of methoxy groups -OCH3 is 1. The van der Waals surface area contributed by atoms with Crippen LogP contribution in [0.2, 0.25) is 0 Å². The van der Waals surface area contributed by atoms with Crippen molar-refractivity contribution in [3.8, 4) is 16.9 Å². The van der Waals surface area contributed by atoms with Crippen LogP contribution in [-0.4, -0.2) is 35.4 Å². The number of amides is 1. The molecule has 3 rings (SSSR count). The lowest BCUT2D eigenvalue weighted by molar-refractivity contribution is -0.0590. The van der Waals surface area contributed by atoms with E-state index in [1.807, 2.05) is 49.5 Å². The second kappa shape index (κ2) is 7.53. The van der Waals surface area contributed by atoms with Gasteiger partial charge in [0.2, 0.25) is 0 Å². The number of benzene rings is 1. The first-order valence-corrected chi connectivity index (χ1v) is 8.30. The van der Waals surface area contributed by atoms with Crippen LogP contribution in [0.15, 0.2) is 42.6 Å². The Hall–Kier alpha value is -2.60. The van der Waals surface area contributed by atoms with Crippen molar-refractivity contribution in [1.82, 2.24) is 10.3 Å². The zero-order chi connectivity index (χ0) is 17.8. The molecular formula is C19H22N2O4. The zero-order valence-corrected chi connectivity index (χ0v) is 14.3. The minimum absolute atomic E-state index is 0.0000993. The maximum atomic E-state index is 10.6. The third kappa shape index (κ3) is 4.28. The molecule has 1 aliphatic rings. The molecule has 132 valence electrons. The van der Waals surface area contributed by atoms with Gasteiger partial charge < -0.3 is 19.9 Å². The number of carboxylic acid groups (broad SMARTS) is 1. The van der Waals surface area contributed by atoms with Crippen LogP contribution in [0.4, 0.5) is 4.79 Å². The molecule has 0 aliphatic heterocycles. The summed E-state index contributed by atoms with van der Waals surface area (Å²) in [4.78, 5) is 15.1. The molecule has 0 bridgehead atoms. The average molecular weight is 342 g/mol. The molecule has 1 aliphatic carbocycles. The van der Waals surface area contributed by atoms with E-state index in [2.05, 4.69) is 10.3 Å². The van der Waals surface area contributed by atoms with Gasteiger partial charge in [0.1, 0.15) is 5.75 Å². The Balaban J connectivity index is 1.55. The highest BCUT2D eigenvalue weighted by molar-refractivity contribution is 5.65. The van der Waals surface area contributed by atoms with Crippen LogP contribution in [0.25, 0.3) is 11.1 Å². The van der Waals surface area contributed by atoms with E-state index < -0.39 is 6.09 Å². The number of hydrogen-bond acceptors (Lipinski definition) is 4. The molecule has 0 saturated heterocycles. The lowest BCUT2D eigenvalue weighted by atomic mass is 9.89. The fraction of sp³-hybridized carbons (Fsp3) is 0.368. The molecule has 1 fully saturated rings. The summed E-state index contributed by atoms with van der Waals surface area (Å²) in [6, 6.07) is 11.8. The van der Waals surface area contributed by atoms with Gasteiger partial charge in [0.05, 0.1) is 25.0 Å². The molecule has 1 atom stereocenters. The van der Waals surface area contributed by atoms with Gasteiger partial charge in [-0.15, -0.1) is 0 Å². The van der Waals surface area contributed by atoms with E-state index in [1.165, 1.54) is 0 Å². The molecule has 25 heavy (non-hydrogen) atoms. The number of hydrogen-bond donors (Lipinski definition) is 2. The van der Waals surface area contributed by atoms with Crippen LogP contribution in [-0.2, 0) is 4.74 Å². The highest BCUT2D eigenvalue weighted by Crippen LogP contribution is 2.29. The second-order valence-electron chi connectivity index (χ2n) is 6.22. The summed E-state index contributed by atoms with van der Waals surface area (Å²) in [5, 5.41) is 11.1. The maximum absolute atomic E-state index is 10.6. The Kier molecular flexibility index (Phi) is 5.19. The molecule has 1 saturated carbocycles. The van der Waals surface area contributed by atoms with Gasteiger partial charge >= 0.3 is 6.09 Å². The zero-order valence-electron chi connectivity index (χ0n) is 14.3. The van der Waals surface area contributed by atoms with Gasteiger partial charge in [-0.1, -0.05) is 18.2 Å². The van der Waals surface area contributed by atoms with Crippen molar-refractivity contribution in [3.63, 3.8) is 0 Å². The number of pyridine rings is 1. The van der Waals surface area contributed by atoms with Crippen molar-refractivity contribution < 1.29 is 19.4 Å². The topological polar surface area (TPSA) is 80.7 Å². The highest BCUT2D eigenvalue weighted by Gasteiger charge is 2.32. The number of aromatic nitrogens is 1. The SMILES string of the molecule is COc1ccc(-c2ccc(C(C)OC3CC(NC(=O)O)C3)nc2)cc1.